The summed E-state index contributed by atoms with van der Waals surface area (Å²) in [5, 5.41) is 9.54. The number of allylic oxidation sites excluding steroid dienone is 1. The zero-order valence-electron chi connectivity index (χ0n) is 9.65. The maximum absolute atomic E-state index is 12.1. The van der Waals surface area contributed by atoms with Crippen LogP contribution in [0.4, 0.5) is 0 Å². The molecule has 0 aliphatic heterocycles. The van der Waals surface area contributed by atoms with E-state index in [1.807, 2.05) is 0 Å². The van der Waals surface area contributed by atoms with Crippen LogP contribution in [0.25, 0.3) is 0 Å². The highest BCUT2D eigenvalue weighted by atomic mass is 31.2. The van der Waals surface area contributed by atoms with E-state index < -0.39 is 7.60 Å². The van der Waals surface area contributed by atoms with Gasteiger partial charge in [0.05, 0.1) is 19.8 Å². The molecule has 0 bridgehead atoms. The fourth-order valence-electron chi connectivity index (χ4n) is 0.929. The Balaban J connectivity index is 4.90. The summed E-state index contributed by atoms with van der Waals surface area (Å²) in [4.78, 5) is 0. The minimum Gasteiger partial charge on any atom is -0.481 e. The van der Waals surface area contributed by atoms with Gasteiger partial charge in [0, 0.05) is 0 Å². The van der Waals surface area contributed by atoms with E-state index in [4.69, 9.17) is 13.8 Å². The summed E-state index contributed by atoms with van der Waals surface area (Å²) in [6.07, 6.45) is 0. The lowest BCUT2D eigenvalue weighted by Crippen LogP contribution is -2.01. The lowest BCUT2D eigenvalue weighted by atomic mass is 10.7. The molecule has 0 spiro atoms. The van der Waals surface area contributed by atoms with Crippen molar-refractivity contribution in [3.8, 4) is 0 Å². The van der Waals surface area contributed by atoms with Crippen LogP contribution < -0.4 is 0 Å². The van der Waals surface area contributed by atoms with Crippen molar-refractivity contribution in [3.63, 3.8) is 0 Å². The lowest BCUT2D eigenvalue weighted by molar-refractivity contribution is 0.0980. The zero-order chi connectivity index (χ0) is 11.9. The third-order valence-corrected chi connectivity index (χ3v) is 3.81. The Morgan fingerprint density at radius 3 is 1.93 bits per heavy atom. The van der Waals surface area contributed by atoms with Crippen molar-refractivity contribution in [2.24, 2.45) is 0 Å². The maximum Gasteiger partial charge on any atom is 0.364 e. The second-order valence-corrected chi connectivity index (χ2v) is 4.84. The first-order valence-corrected chi connectivity index (χ1v) is 6.48. The van der Waals surface area contributed by atoms with E-state index in [2.05, 4.69) is 0 Å². The number of aliphatic hydroxyl groups is 1. The fourth-order valence-corrected chi connectivity index (χ4v) is 2.37. The summed E-state index contributed by atoms with van der Waals surface area (Å²) in [5.41, 5.74) is 0. The van der Waals surface area contributed by atoms with Crippen LogP contribution in [0.3, 0.4) is 0 Å². The van der Waals surface area contributed by atoms with Gasteiger partial charge in [-0.1, -0.05) is 0 Å². The Hall–Kier alpha value is -0.510. The molecule has 0 aromatic carbocycles. The molecule has 90 valence electrons. The van der Waals surface area contributed by atoms with Crippen LogP contribution >= 0.6 is 7.60 Å². The Bertz CT molecular complexity index is 251. The van der Waals surface area contributed by atoms with Crippen molar-refractivity contribution >= 4 is 7.60 Å². The molecule has 0 radical (unpaired) electrons. The first-order valence-electron chi connectivity index (χ1n) is 4.94. The van der Waals surface area contributed by atoms with E-state index in [1.165, 1.54) is 6.92 Å². The van der Waals surface area contributed by atoms with Crippen molar-refractivity contribution in [1.82, 2.24) is 0 Å². The van der Waals surface area contributed by atoms with Gasteiger partial charge in [-0.3, -0.25) is 4.57 Å². The first-order chi connectivity index (χ1) is 7.01. The van der Waals surface area contributed by atoms with Crippen LogP contribution in [0.5, 0.6) is 0 Å². The number of ether oxygens (including phenoxy) is 1. The molecule has 0 aromatic heterocycles. The van der Waals surface area contributed by atoms with Gasteiger partial charge in [-0.05, 0) is 27.7 Å². The third kappa shape index (κ3) is 4.24. The monoisotopic (exact) mass is 238 g/mol. The van der Waals surface area contributed by atoms with Gasteiger partial charge in [-0.25, -0.2) is 0 Å². The third-order valence-electron chi connectivity index (χ3n) is 1.60. The van der Waals surface area contributed by atoms with Crippen LogP contribution in [0.1, 0.15) is 27.7 Å². The topological polar surface area (TPSA) is 65.0 Å². The second kappa shape index (κ2) is 6.88. The van der Waals surface area contributed by atoms with Crippen LogP contribution in [-0.4, -0.2) is 24.9 Å². The molecule has 1 N–H and O–H groups in total. The van der Waals surface area contributed by atoms with E-state index in [1.54, 1.807) is 20.8 Å². The highest BCUT2D eigenvalue weighted by Gasteiger charge is 2.30. The van der Waals surface area contributed by atoms with E-state index in [9.17, 15) is 9.67 Å². The Morgan fingerprint density at radius 1 is 1.13 bits per heavy atom. The highest BCUT2D eigenvalue weighted by Crippen LogP contribution is 2.56. The Labute approximate surface area is 90.6 Å². The summed E-state index contributed by atoms with van der Waals surface area (Å²) in [6.45, 7) is 7.38. The van der Waals surface area contributed by atoms with Gasteiger partial charge in [0.15, 0.2) is 0 Å². The standard InChI is InChI=1S/C9H19O5P/c1-5-12-9(10)8(4)15(11,13-6-2)14-7-3/h10H,5-7H2,1-4H3. The number of hydrogen-bond donors (Lipinski definition) is 1. The van der Waals surface area contributed by atoms with Crippen molar-refractivity contribution in [2.45, 2.75) is 27.7 Å². The predicted molar refractivity (Wildman–Crippen MR) is 57.8 cm³/mol. The highest BCUT2D eigenvalue weighted by molar-refractivity contribution is 7.58. The smallest absolute Gasteiger partial charge is 0.364 e. The molecule has 0 fully saturated rings. The molecule has 6 heteroatoms. The lowest BCUT2D eigenvalue weighted by Gasteiger charge is -2.18. The van der Waals surface area contributed by atoms with Crippen LogP contribution in [0.2, 0.25) is 0 Å². The molecule has 15 heavy (non-hydrogen) atoms. The minimum absolute atomic E-state index is 0.105. The van der Waals surface area contributed by atoms with Gasteiger partial charge < -0.3 is 18.9 Å². The minimum atomic E-state index is -3.39. The molecule has 0 atom stereocenters. The summed E-state index contributed by atoms with van der Waals surface area (Å²) in [7, 11) is -3.39. The molecule has 0 aliphatic rings. The summed E-state index contributed by atoms with van der Waals surface area (Å²) < 4.78 is 27.0. The molecular weight excluding hydrogens is 219 g/mol. The second-order valence-electron chi connectivity index (χ2n) is 2.66. The molecule has 0 saturated carbocycles. The van der Waals surface area contributed by atoms with E-state index in [0.29, 0.717) is 6.61 Å². The van der Waals surface area contributed by atoms with Gasteiger partial charge in [0.1, 0.15) is 5.31 Å². The van der Waals surface area contributed by atoms with Crippen LogP contribution in [0.15, 0.2) is 11.3 Å². The number of aliphatic hydroxyl groups excluding tert-OH is 1. The average Bonchev–Trinajstić information content (AvgIpc) is 2.17. The van der Waals surface area contributed by atoms with Crippen molar-refractivity contribution in [3.05, 3.63) is 11.3 Å². The molecule has 0 rings (SSSR count). The predicted octanol–water partition coefficient (Wildman–Crippen LogP) is 3.04. The van der Waals surface area contributed by atoms with E-state index in [0.717, 1.165) is 0 Å². The molecule has 0 aliphatic carbocycles. The largest absolute Gasteiger partial charge is 0.481 e. The number of rotatable bonds is 7. The molecule has 0 aromatic rings. The molecular formula is C9H19O5P. The number of hydrogen-bond acceptors (Lipinski definition) is 5. The van der Waals surface area contributed by atoms with Gasteiger partial charge >= 0.3 is 7.60 Å². The molecule has 5 nitrogen and oxygen atoms in total. The Kier molecular flexibility index (Phi) is 6.65. The Morgan fingerprint density at radius 2 is 1.60 bits per heavy atom. The molecule has 0 amide bonds. The normalized spacial score (nSPS) is 13.6. The molecule has 0 heterocycles. The fraction of sp³-hybridized carbons (Fsp3) is 0.778. The van der Waals surface area contributed by atoms with Crippen molar-refractivity contribution in [1.29, 1.82) is 0 Å². The summed E-state index contributed by atoms with van der Waals surface area (Å²) in [6, 6.07) is 0. The average molecular weight is 238 g/mol. The van der Waals surface area contributed by atoms with Gasteiger partial charge in [0.25, 0.3) is 5.95 Å². The first kappa shape index (κ1) is 14.5. The maximum atomic E-state index is 12.1. The van der Waals surface area contributed by atoms with Crippen molar-refractivity contribution < 1.29 is 23.5 Å². The quantitative estimate of drug-likeness (QED) is 0.545. The van der Waals surface area contributed by atoms with Gasteiger partial charge in [-0.15, -0.1) is 0 Å². The van der Waals surface area contributed by atoms with Crippen molar-refractivity contribution in [2.75, 3.05) is 19.8 Å². The van der Waals surface area contributed by atoms with Crippen LogP contribution in [0, 0.1) is 0 Å². The van der Waals surface area contributed by atoms with Gasteiger partial charge in [0.2, 0.25) is 0 Å². The van der Waals surface area contributed by atoms with E-state index in [-0.39, 0.29) is 24.5 Å². The molecule has 0 saturated heterocycles. The van der Waals surface area contributed by atoms with Crippen LogP contribution in [-0.2, 0) is 18.3 Å². The summed E-state index contributed by atoms with van der Waals surface area (Å²) in [5.74, 6) is -0.386. The summed E-state index contributed by atoms with van der Waals surface area (Å²) >= 11 is 0. The molecule has 0 unspecified atom stereocenters. The van der Waals surface area contributed by atoms with Gasteiger partial charge in [-0.2, -0.15) is 0 Å². The zero-order valence-corrected chi connectivity index (χ0v) is 10.5. The SMILES string of the molecule is CCOC(O)=C(C)P(=O)(OCC)OCC. The van der Waals surface area contributed by atoms with E-state index >= 15 is 0 Å².